The number of nitrogens with one attached hydrogen (secondary N) is 2. The van der Waals surface area contributed by atoms with E-state index < -0.39 is 11.0 Å². The van der Waals surface area contributed by atoms with Gasteiger partial charge in [-0.2, -0.15) is 0 Å². The Morgan fingerprint density at radius 2 is 1.71 bits per heavy atom. The highest BCUT2D eigenvalue weighted by Gasteiger charge is 2.08. The van der Waals surface area contributed by atoms with Crippen LogP contribution in [-0.2, 0) is 6.61 Å². The van der Waals surface area contributed by atoms with E-state index in [1.807, 2.05) is 0 Å². The van der Waals surface area contributed by atoms with Gasteiger partial charge in [0.25, 0.3) is 5.69 Å². The van der Waals surface area contributed by atoms with Crippen molar-refractivity contribution >= 4 is 23.1 Å². The number of aliphatic hydroxyl groups excluding tert-OH is 1. The molecule has 0 saturated heterocycles. The third-order valence-corrected chi connectivity index (χ3v) is 2.68. The van der Waals surface area contributed by atoms with Crippen LogP contribution in [0.3, 0.4) is 0 Å². The number of nitro groups is 1. The van der Waals surface area contributed by atoms with Crippen molar-refractivity contribution in [2.75, 3.05) is 10.6 Å². The minimum Gasteiger partial charge on any atom is -0.392 e. The molecule has 108 valence electrons. The lowest BCUT2D eigenvalue weighted by Crippen LogP contribution is -2.19. The van der Waals surface area contributed by atoms with Crippen LogP contribution in [0.5, 0.6) is 0 Å². The third kappa shape index (κ3) is 4.02. The van der Waals surface area contributed by atoms with E-state index in [0.29, 0.717) is 16.9 Å². The van der Waals surface area contributed by atoms with E-state index in [2.05, 4.69) is 10.6 Å². The number of non-ortho nitro benzene ring substituents is 1. The molecule has 0 aromatic heterocycles. The Kier molecular flexibility index (Phi) is 4.47. The van der Waals surface area contributed by atoms with Crippen LogP contribution in [0.15, 0.2) is 48.5 Å². The predicted molar refractivity (Wildman–Crippen MR) is 78.1 cm³/mol. The quantitative estimate of drug-likeness (QED) is 0.594. The molecule has 2 amide bonds. The molecule has 0 fully saturated rings. The fraction of sp³-hybridized carbons (Fsp3) is 0.0714. The molecule has 0 heterocycles. The number of nitrogens with zero attached hydrogens (tertiary/aromatic N) is 1. The molecule has 2 aromatic carbocycles. The van der Waals surface area contributed by atoms with E-state index in [1.54, 1.807) is 30.3 Å². The van der Waals surface area contributed by atoms with Crippen LogP contribution in [0.1, 0.15) is 5.56 Å². The minimum absolute atomic E-state index is 0.102. The van der Waals surface area contributed by atoms with Crippen molar-refractivity contribution < 1.29 is 14.8 Å². The second kappa shape index (κ2) is 6.49. The molecule has 0 atom stereocenters. The molecule has 2 aromatic rings. The molecule has 7 heteroatoms. The Hall–Kier alpha value is -2.93. The van der Waals surface area contributed by atoms with Gasteiger partial charge in [0.1, 0.15) is 0 Å². The fourth-order valence-corrected chi connectivity index (χ4v) is 1.74. The normalized spacial score (nSPS) is 9.95. The number of aliphatic hydroxyl groups is 1. The van der Waals surface area contributed by atoms with Crippen LogP contribution < -0.4 is 10.6 Å². The van der Waals surface area contributed by atoms with Gasteiger partial charge in [-0.3, -0.25) is 10.1 Å². The van der Waals surface area contributed by atoms with Crippen molar-refractivity contribution in [1.29, 1.82) is 0 Å². The Morgan fingerprint density at radius 1 is 1.10 bits per heavy atom. The van der Waals surface area contributed by atoms with E-state index in [0.717, 1.165) is 0 Å². The second-order valence-corrected chi connectivity index (χ2v) is 4.25. The lowest BCUT2D eigenvalue weighted by Gasteiger charge is -2.08. The molecule has 7 nitrogen and oxygen atoms in total. The summed E-state index contributed by atoms with van der Waals surface area (Å²) in [5, 5.41) is 24.8. The van der Waals surface area contributed by atoms with E-state index in [4.69, 9.17) is 5.11 Å². The monoisotopic (exact) mass is 287 g/mol. The molecule has 21 heavy (non-hydrogen) atoms. The smallest absolute Gasteiger partial charge is 0.323 e. The summed E-state index contributed by atoms with van der Waals surface area (Å²) in [5.74, 6) is 0. The number of rotatable bonds is 4. The van der Waals surface area contributed by atoms with Crippen molar-refractivity contribution in [1.82, 2.24) is 0 Å². The van der Waals surface area contributed by atoms with Gasteiger partial charge in [0.05, 0.1) is 11.5 Å². The molecule has 0 spiro atoms. The lowest BCUT2D eigenvalue weighted by molar-refractivity contribution is -0.384. The van der Waals surface area contributed by atoms with E-state index in [9.17, 15) is 14.9 Å². The molecular formula is C14H13N3O4. The largest absolute Gasteiger partial charge is 0.392 e. The zero-order valence-corrected chi connectivity index (χ0v) is 10.9. The van der Waals surface area contributed by atoms with Crippen molar-refractivity contribution in [3.63, 3.8) is 0 Å². The maximum absolute atomic E-state index is 11.8. The molecular weight excluding hydrogens is 274 g/mol. The SMILES string of the molecule is O=C(Nc1cccc(CO)c1)Nc1cccc([N+](=O)[O-])c1. The Labute approximate surface area is 120 Å². The topological polar surface area (TPSA) is 104 Å². The first-order valence-corrected chi connectivity index (χ1v) is 6.11. The van der Waals surface area contributed by atoms with Crippen LogP contribution in [0.2, 0.25) is 0 Å². The summed E-state index contributed by atoms with van der Waals surface area (Å²) < 4.78 is 0. The number of urea groups is 1. The van der Waals surface area contributed by atoms with Crippen LogP contribution in [0.4, 0.5) is 21.9 Å². The number of nitro benzene ring substituents is 1. The van der Waals surface area contributed by atoms with Crippen LogP contribution in [0.25, 0.3) is 0 Å². The van der Waals surface area contributed by atoms with Gasteiger partial charge in [-0.15, -0.1) is 0 Å². The number of hydrogen-bond acceptors (Lipinski definition) is 4. The summed E-state index contributed by atoms with van der Waals surface area (Å²) in [4.78, 5) is 21.9. The average molecular weight is 287 g/mol. The second-order valence-electron chi connectivity index (χ2n) is 4.25. The standard InChI is InChI=1S/C14H13N3O4/c18-9-10-3-1-4-11(7-10)15-14(19)16-12-5-2-6-13(8-12)17(20)21/h1-8,18H,9H2,(H2,15,16,19). The molecule has 0 aliphatic carbocycles. The summed E-state index contributed by atoms with van der Waals surface area (Å²) in [6.07, 6.45) is 0. The van der Waals surface area contributed by atoms with Gasteiger partial charge in [-0.25, -0.2) is 4.79 Å². The number of benzene rings is 2. The van der Waals surface area contributed by atoms with E-state index in [-0.39, 0.29) is 12.3 Å². The summed E-state index contributed by atoms with van der Waals surface area (Å²) in [7, 11) is 0. The van der Waals surface area contributed by atoms with Gasteiger partial charge in [0.2, 0.25) is 0 Å². The number of amides is 2. The van der Waals surface area contributed by atoms with Gasteiger partial charge in [0, 0.05) is 23.5 Å². The highest BCUT2D eigenvalue weighted by atomic mass is 16.6. The lowest BCUT2D eigenvalue weighted by atomic mass is 10.2. The van der Waals surface area contributed by atoms with Crippen molar-refractivity contribution in [2.24, 2.45) is 0 Å². The first kappa shape index (κ1) is 14.5. The van der Waals surface area contributed by atoms with Gasteiger partial charge < -0.3 is 15.7 Å². The molecule has 3 N–H and O–H groups in total. The van der Waals surface area contributed by atoms with Gasteiger partial charge in [-0.1, -0.05) is 18.2 Å². The number of hydrogen-bond donors (Lipinski definition) is 3. The first-order chi connectivity index (χ1) is 10.1. The zero-order valence-electron chi connectivity index (χ0n) is 10.9. The van der Waals surface area contributed by atoms with Crippen LogP contribution in [-0.4, -0.2) is 16.1 Å². The Balaban J connectivity index is 2.04. The Morgan fingerprint density at radius 3 is 2.33 bits per heavy atom. The van der Waals surface area contributed by atoms with Crippen molar-refractivity contribution in [2.45, 2.75) is 6.61 Å². The number of carbonyl (C=O) groups is 1. The zero-order chi connectivity index (χ0) is 15.2. The third-order valence-electron chi connectivity index (χ3n) is 2.68. The molecule has 0 aliphatic heterocycles. The number of carbonyl (C=O) groups excluding carboxylic acids is 1. The summed E-state index contributed by atoms with van der Waals surface area (Å²) in [6, 6.07) is 11.9. The molecule has 0 unspecified atom stereocenters. The van der Waals surface area contributed by atoms with Gasteiger partial charge >= 0.3 is 6.03 Å². The molecule has 2 rings (SSSR count). The van der Waals surface area contributed by atoms with Crippen LogP contribution in [0, 0.1) is 10.1 Å². The summed E-state index contributed by atoms with van der Waals surface area (Å²) >= 11 is 0. The first-order valence-electron chi connectivity index (χ1n) is 6.11. The highest BCUT2D eigenvalue weighted by molar-refractivity contribution is 5.99. The predicted octanol–water partition coefficient (Wildman–Crippen LogP) is 2.73. The molecule has 0 radical (unpaired) electrons. The summed E-state index contributed by atoms with van der Waals surface area (Å²) in [5.41, 5.74) is 1.41. The minimum atomic E-state index is -0.534. The van der Waals surface area contributed by atoms with E-state index in [1.165, 1.54) is 18.2 Å². The maximum Gasteiger partial charge on any atom is 0.323 e. The maximum atomic E-state index is 11.8. The average Bonchev–Trinajstić information content (AvgIpc) is 2.47. The van der Waals surface area contributed by atoms with E-state index >= 15 is 0 Å². The van der Waals surface area contributed by atoms with Crippen LogP contribution >= 0.6 is 0 Å². The molecule has 0 aliphatic rings. The van der Waals surface area contributed by atoms with Crippen molar-refractivity contribution in [3.05, 3.63) is 64.2 Å². The van der Waals surface area contributed by atoms with Gasteiger partial charge in [0.15, 0.2) is 0 Å². The molecule has 0 bridgehead atoms. The fourth-order valence-electron chi connectivity index (χ4n) is 1.74. The molecule has 0 saturated carbocycles. The van der Waals surface area contributed by atoms with Gasteiger partial charge in [-0.05, 0) is 23.8 Å². The summed E-state index contributed by atoms with van der Waals surface area (Å²) in [6.45, 7) is -0.123. The highest BCUT2D eigenvalue weighted by Crippen LogP contribution is 2.17. The Bertz CT molecular complexity index is 673. The number of anilines is 2. The van der Waals surface area contributed by atoms with Crippen molar-refractivity contribution in [3.8, 4) is 0 Å².